The zero-order chi connectivity index (χ0) is 25.8. The van der Waals surface area contributed by atoms with Crippen LogP contribution in [0, 0.1) is 0 Å². The van der Waals surface area contributed by atoms with E-state index in [1.54, 1.807) is 0 Å². The van der Waals surface area contributed by atoms with Crippen molar-refractivity contribution in [3.63, 3.8) is 0 Å². The number of likely N-dealkylation sites (tertiary alicyclic amines) is 1. The van der Waals surface area contributed by atoms with Crippen LogP contribution in [0.2, 0.25) is 0 Å². The van der Waals surface area contributed by atoms with Gasteiger partial charge >= 0.3 is 0 Å². The number of hydrogen-bond acceptors (Lipinski definition) is 5. The third-order valence-electron chi connectivity index (χ3n) is 8.65. The Bertz CT molecular complexity index is 1070. The highest BCUT2D eigenvalue weighted by Gasteiger charge is 2.40. The Hall–Kier alpha value is -2.90. The van der Waals surface area contributed by atoms with Crippen molar-refractivity contribution in [3.8, 4) is 0 Å². The van der Waals surface area contributed by atoms with Crippen LogP contribution >= 0.6 is 0 Å². The minimum Gasteiger partial charge on any atom is -0.369 e. The first kappa shape index (κ1) is 25.7. The summed E-state index contributed by atoms with van der Waals surface area (Å²) in [5, 5.41) is 6.43. The van der Waals surface area contributed by atoms with E-state index in [4.69, 9.17) is 0 Å². The van der Waals surface area contributed by atoms with Crippen LogP contribution in [-0.2, 0) is 10.3 Å². The predicted molar refractivity (Wildman–Crippen MR) is 149 cm³/mol. The first-order valence-corrected chi connectivity index (χ1v) is 14.0. The van der Waals surface area contributed by atoms with Gasteiger partial charge in [-0.25, -0.2) is 0 Å². The molecule has 0 unspecified atom stereocenters. The summed E-state index contributed by atoms with van der Waals surface area (Å²) in [6.07, 6.45) is 6.11. The Kier molecular flexibility index (Phi) is 7.81. The summed E-state index contributed by atoms with van der Waals surface area (Å²) in [4.78, 5) is 33.0. The molecule has 1 atom stereocenters. The monoisotopic (exact) mass is 503 g/mol. The van der Waals surface area contributed by atoms with E-state index in [-0.39, 0.29) is 23.4 Å². The van der Waals surface area contributed by atoms with Crippen LogP contribution in [0.25, 0.3) is 0 Å². The standard InChI is InChI=1S/C30H41N5O2/c1-3-34-19-21-35(22-20-34)26-14-8-23(9-15-26)28(36)32-30(16-6-17-30)24-10-12-25(13-11-24)31-29(37)27-7-4-5-18-33(27)2/h8-15,27H,3-7,16-22H2,1-2H3,(H,31,37)(H,32,36)/t27-/m1/s1. The van der Waals surface area contributed by atoms with Crippen LogP contribution in [0.3, 0.4) is 0 Å². The molecular formula is C30H41N5O2. The largest absolute Gasteiger partial charge is 0.369 e. The lowest BCUT2D eigenvalue weighted by Crippen LogP contribution is -2.50. The van der Waals surface area contributed by atoms with E-state index >= 15 is 0 Å². The first-order valence-electron chi connectivity index (χ1n) is 14.0. The van der Waals surface area contributed by atoms with Gasteiger partial charge in [0.15, 0.2) is 0 Å². The third-order valence-corrected chi connectivity index (χ3v) is 8.65. The van der Waals surface area contributed by atoms with Gasteiger partial charge in [0.05, 0.1) is 11.6 Å². The summed E-state index contributed by atoms with van der Waals surface area (Å²) in [5.41, 5.74) is 3.46. The highest BCUT2D eigenvalue weighted by Crippen LogP contribution is 2.42. The number of benzene rings is 2. The van der Waals surface area contributed by atoms with Gasteiger partial charge in [-0.3, -0.25) is 14.5 Å². The molecule has 2 aliphatic heterocycles. The number of piperidine rings is 1. The number of hydrogen-bond donors (Lipinski definition) is 2. The summed E-state index contributed by atoms with van der Waals surface area (Å²) < 4.78 is 0. The first-order chi connectivity index (χ1) is 18.0. The molecule has 5 rings (SSSR count). The van der Waals surface area contributed by atoms with Crippen LogP contribution < -0.4 is 15.5 Å². The fraction of sp³-hybridized carbons (Fsp3) is 0.533. The quantitative estimate of drug-likeness (QED) is 0.597. The summed E-state index contributed by atoms with van der Waals surface area (Å²) in [7, 11) is 2.02. The predicted octanol–water partition coefficient (Wildman–Crippen LogP) is 4.06. The van der Waals surface area contributed by atoms with E-state index in [0.717, 1.165) is 89.0 Å². The molecule has 2 aromatic rings. The lowest BCUT2D eigenvalue weighted by atomic mass is 9.71. The molecule has 2 saturated heterocycles. The van der Waals surface area contributed by atoms with Crippen molar-refractivity contribution in [2.24, 2.45) is 0 Å². The van der Waals surface area contributed by atoms with Crippen LogP contribution in [0.4, 0.5) is 11.4 Å². The van der Waals surface area contributed by atoms with Crippen molar-refractivity contribution in [2.45, 2.75) is 57.0 Å². The molecule has 0 aromatic heterocycles. The van der Waals surface area contributed by atoms with Gasteiger partial charge in [0, 0.05) is 43.1 Å². The topological polar surface area (TPSA) is 67.9 Å². The Morgan fingerprint density at radius 2 is 1.59 bits per heavy atom. The van der Waals surface area contributed by atoms with Crippen molar-refractivity contribution in [1.29, 1.82) is 0 Å². The minimum atomic E-state index is -0.335. The van der Waals surface area contributed by atoms with Crippen molar-refractivity contribution >= 4 is 23.2 Å². The Morgan fingerprint density at radius 1 is 0.892 bits per heavy atom. The highest BCUT2D eigenvalue weighted by atomic mass is 16.2. The minimum absolute atomic E-state index is 0.0280. The molecule has 7 nitrogen and oxygen atoms in total. The molecule has 7 heteroatoms. The number of anilines is 2. The number of carbonyl (C=O) groups excluding carboxylic acids is 2. The van der Waals surface area contributed by atoms with E-state index in [9.17, 15) is 9.59 Å². The molecule has 0 bridgehead atoms. The second-order valence-corrected chi connectivity index (χ2v) is 10.9. The van der Waals surface area contributed by atoms with Crippen LogP contribution in [-0.4, -0.2) is 74.0 Å². The SMILES string of the molecule is CCN1CCN(c2ccc(C(=O)NC3(c4ccc(NC(=O)[C@H]5CCCCN5C)cc4)CCC3)cc2)CC1. The Balaban J connectivity index is 1.20. The number of nitrogens with zero attached hydrogens (tertiary/aromatic N) is 3. The van der Waals surface area contributed by atoms with E-state index in [1.807, 2.05) is 31.3 Å². The van der Waals surface area contributed by atoms with Crippen LogP contribution in [0.15, 0.2) is 48.5 Å². The molecule has 2 amide bonds. The molecule has 1 aliphatic carbocycles. The van der Waals surface area contributed by atoms with Gasteiger partial charge < -0.3 is 20.4 Å². The number of piperazine rings is 1. The lowest BCUT2D eigenvalue weighted by Gasteiger charge is -2.43. The Morgan fingerprint density at radius 3 is 2.19 bits per heavy atom. The van der Waals surface area contributed by atoms with Crippen molar-refractivity contribution in [1.82, 2.24) is 15.1 Å². The number of nitrogens with one attached hydrogen (secondary N) is 2. The van der Waals surface area contributed by atoms with Gasteiger partial charge in [0.2, 0.25) is 5.91 Å². The van der Waals surface area contributed by atoms with Crippen LogP contribution in [0.1, 0.15) is 61.4 Å². The molecule has 2 N–H and O–H groups in total. The maximum Gasteiger partial charge on any atom is 0.251 e. The molecule has 0 radical (unpaired) electrons. The van der Waals surface area contributed by atoms with Gasteiger partial charge in [0.25, 0.3) is 5.91 Å². The molecule has 37 heavy (non-hydrogen) atoms. The smallest absolute Gasteiger partial charge is 0.251 e. The molecule has 2 aromatic carbocycles. The number of rotatable bonds is 7. The van der Waals surface area contributed by atoms with Gasteiger partial charge in [0.1, 0.15) is 0 Å². The number of likely N-dealkylation sites (N-methyl/N-ethyl adjacent to an activating group) is 2. The molecule has 1 saturated carbocycles. The average Bonchev–Trinajstić information content (AvgIpc) is 2.91. The summed E-state index contributed by atoms with van der Waals surface area (Å²) in [5.74, 6) is 0.0390. The third kappa shape index (κ3) is 5.68. The molecule has 3 aliphatic rings. The summed E-state index contributed by atoms with van der Waals surface area (Å²) in [6, 6.07) is 16.0. The second kappa shape index (κ2) is 11.2. The van der Waals surface area contributed by atoms with Gasteiger partial charge in [-0.05, 0) is 94.2 Å². The maximum atomic E-state index is 13.2. The molecular weight excluding hydrogens is 462 g/mol. The molecule has 3 fully saturated rings. The zero-order valence-electron chi connectivity index (χ0n) is 22.3. The number of amides is 2. The lowest BCUT2D eigenvalue weighted by molar-refractivity contribution is -0.121. The normalized spacial score (nSPS) is 22.2. The van der Waals surface area contributed by atoms with E-state index < -0.39 is 0 Å². The van der Waals surface area contributed by atoms with Crippen LogP contribution in [0.5, 0.6) is 0 Å². The fourth-order valence-corrected chi connectivity index (χ4v) is 5.96. The average molecular weight is 504 g/mol. The molecule has 0 spiro atoms. The number of carbonyl (C=O) groups is 2. The molecule has 198 valence electrons. The van der Waals surface area contributed by atoms with Crippen molar-refractivity contribution in [3.05, 3.63) is 59.7 Å². The highest BCUT2D eigenvalue weighted by molar-refractivity contribution is 5.96. The summed E-state index contributed by atoms with van der Waals surface area (Å²) in [6.45, 7) is 8.50. The van der Waals surface area contributed by atoms with Crippen molar-refractivity contribution in [2.75, 3.05) is 56.5 Å². The fourth-order valence-electron chi connectivity index (χ4n) is 5.96. The second-order valence-electron chi connectivity index (χ2n) is 10.9. The van der Waals surface area contributed by atoms with Crippen molar-refractivity contribution < 1.29 is 9.59 Å². The molecule has 2 heterocycles. The van der Waals surface area contributed by atoms with E-state index in [1.165, 1.54) is 5.69 Å². The summed E-state index contributed by atoms with van der Waals surface area (Å²) >= 11 is 0. The Labute approximate surface area is 221 Å². The van der Waals surface area contributed by atoms with E-state index in [2.05, 4.69) is 56.5 Å². The van der Waals surface area contributed by atoms with Gasteiger partial charge in [-0.2, -0.15) is 0 Å². The van der Waals surface area contributed by atoms with Gasteiger partial charge in [-0.1, -0.05) is 25.5 Å². The zero-order valence-corrected chi connectivity index (χ0v) is 22.3. The maximum absolute atomic E-state index is 13.2. The van der Waals surface area contributed by atoms with E-state index in [0.29, 0.717) is 5.56 Å². The van der Waals surface area contributed by atoms with Gasteiger partial charge in [-0.15, -0.1) is 0 Å².